The molecule has 0 atom stereocenters. The number of thiophene rings is 1. The summed E-state index contributed by atoms with van der Waals surface area (Å²) < 4.78 is 1.62. The van der Waals surface area contributed by atoms with Gasteiger partial charge >= 0.3 is 0 Å². The van der Waals surface area contributed by atoms with E-state index in [9.17, 15) is 14.7 Å². The molecule has 1 amide bonds. The van der Waals surface area contributed by atoms with Gasteiger partial charge in [-0.1, -0.05) is 6.42 Å². The molecule has 1 saturated heterocycles. The third kappa shape index (κ3) is 5.65. The molecule has 0 saturated carbocycles. The average Bonchev–Trinajstić information content (AvgIpc) is 3.04. The number of aromatic nitrogens is 1. The van der Waals surface area contributed by atoms with Crippen LogP contribution < -0.4 is 10.9 Å². The molecule has 1 aliphatic rings. The van der Waals surface area contributed by atoms with Gasteiger partial charge < -0.3 is 15.3 Å². The molecular weight excluding hydrogens is 389 g/mol. The Kier molecular flexibility index (Phi) is 8.99. The first-order chi connectivity index (χ1) is 12.5. The third-order valence-corrected chi connectivity index (χ3v) is 5.96. The number of nitrogens with zero attached hydrogens (tertiary/aromatic N) is 2. The van der Waals surface area contributed by atoms with Crippen LogP contribution in [0.5, 0.6) is 5.75 Å². The van der Waals surface area contributed by atoms with Gasteiger partial charge in [0.1, 0.15) is 10.6 Å². The zero-order chi connectivity index (χ0) is 18.7. The van der Waals surface area contributed by atoms with Crippen LogP contribution in [0.4, 0.5) is 0 Å². The zero-order valence-electron chi connectivity index (χ0n) is 16.5. The molecule has 27 heavy (non-hydrogen) atoms. The van der Waals surface area contributed by atoms with Crippen LogP contribution in [0.1, 0.15) is 55.2 Å². The number of nitrogens with one attached hydrogen (secondary N) is 1. The fourth-order valence-corrected chi connectivity index (χ4v) is 4.71. The minimum absolute atomic E-state index is 0. The molecule has 0 bridgehead atoms. The summed E-state index contributed by atoms with van der Waals surface area (Å²) >= 11 is 1.26. The van der Waals surface area contributed by atoms with Crippen molar-refractivity contribution < 1.29 is 9.90 Å². The Hall–Kier alpha value is -0.224. The van der Waals surface area contributed by atoms with E-state index in [-0.39, 0.29) is 74.6 Å². The second-order valence-electron chi connectivity index (χ2n) is 7.17. The Balaban J connectivity index is 0.00000261. The zero-order valence-corrected chi connectivity index (χ0v) is 20.4. The maximum absolute atomic E-state index is 12.5. The molecule has 3 heterocycles. The second-order valence-corrected chi connectivity index (χ2v) is 8.20. The van der Waals surface area contributed by atoms with Crippen LogP contribution in [0.15, 0.2) is 16.9 Å². The first-order valence-corrected chi connectivity index (χ1v) is 10.2. The minimum Gasteiger partial charge on any atom is -0.507 e. The topological polar surface area (TPSA) is 74.6 Å². The van der Waals surface area contributed by atoms with E-state index in [1.165, 1.54) is 36.7 Å². The predicted molar refractivity (Wildman–Crippen MR) is 111 cm³/mol. The normalized spacial score (nSPS) is 15.1. The van der Waals surface area contributed by atoms with Crippen molar-refractivity contribution in [3.05, 3.63) is 27.4 Å². The van der Waals surface area contributed by atoms with Crippen LogP contribution in [-0.2, 0) is 0 Å². The summed E-state index contributed by atoms with van der Waals surface area (Å²) in [6.07, 6.45) is 4.80. The largest absolute Gasteiger partial charge is 0.507 e. The molecule has 2 aromatic heterocycles. The average molecular weight is 417 g/mol. The fraction of sp³-hybridized carbons (Fsp3) is 0.579. The van der Waals surface area contributed by atoms with Crippen molar-refractivity contribution in [3.8, 4) is 5.75 Å². The number of amides is 1. The quantitative estimate of drug-likeness (QED) is 0.561. The molecule has 143 valence electrons. The van der Waals surface area contributed by atoms with Gasteiger partial charge in [0.15, 0.2) is 0 Å². The molecule has 2 aromatic rings. The van der Waals surface area contributed by atoms with Gasteiger partial charge in [-0.15, -0.1) is 11.3 Å². The summed E-state index contributed by atoms with van der Waals surface area (Å²) in [4.78, 5) is 28.2. The number of aromatic hydroxyl groups is 1. The van der Waals surface area contributed by atoms with Crippen molar-refractivity contribution in [2.24, 2.45) is 0 Å². The van der Waals surface area contributed by atoms with Crippen molar-refractivity contribution in [1.82, 2.24) is 14.8 Å². The van der Waals surface area contributed by atoms with Crippen molar-refractivity contribution >= 4 is 78.8 Å². The SMILES string of the molecule is CC(C)n1c(=O)cc(O)c2cc(C(=O)NCCCN3CCCCC3)sc21.[K]. The molecular formula is C19H27KN3O3S. The van der Waals surface area contributed by atoms with E-state index in [1.807, 2.05) is 13.8 Å². The number of likely N-dealkylation sites (tertiary alicyclic amines) is 1. The maximum atomic E-state index is 12.5. The van der Waals surface area contributed by atoms with Gasteiger partial charge in [0.05, 0.1) is 10.3 Å². The van der Waals surface area contributed by atoms with Gasteiger partial charge in [0, 0.05) is 70.0 Å². The molecule has 8 heteroatoms. The van der Waals surface area contributed by atoms with Gasteiger partial charge in [-0.3, -0.25) is 14.2 Å². The van der Waals surface area contributed by atoms with Crippen LogP contribution in [0, 0.1) is 0 Å². The number of hydrogen-bond acceptors (Lipinski definition) is 5. The molecule has 3 rings (SSSR count). The number of rotatable bonds is 6. The third-order valence-electron chi connectivity index (χ3n) is 4.83. The van der Waals surface area contributed by atoms with Gasteiger partial charge in [-0.05, 0) is 58.8 Å². The Bertz CT molecular complexity index is 841. The van der Waals surface area contributed by atoms with E-state index < -0.39 is 0 Å². The Morgan fingerprint density at radius 3 is 2.63 bits per heavy atom. The summed E-state index contributed by atoms with van der Waals surface area (Å²) in [5, 5.41) is 13.6. The van der Waals surface area contributed by atoms with Gasteiger partial charge in [-0.2, -0.15) is 0 Å². The number of carbonyl (C=O) groups is 1. The predicted octanol–water partition coefficient (Wildman–Crippen LogP) is 2.57. The summed E-state index contributed by atoms with van der Waals surface area (Å²) in [5.74, 6) is -0.214. The molecule has 6 nitrogen and oxygen atoms in total. The second kappa shape index (κ2) is 10.5. The van der Waals surface area contributed by atoms with Crippen molar-refractivity contribution in [2.45, 2.75) is 45.6 Å². The number of fused-ring (bicyclic) bond motifs is 1. The van der Waals surface area contributed by atoms with Crippen LogP contribution in [-0.4, -0.2) is 98.0 Å². The van der Waals surface area contributed by atoms with Gasteiger partial charge in [0.2, 0.25) is 0 Å². The van der Waals surface area contributed by atoms with Crippen molar-refractivity contribution in [2.75, 3.05) is 26.2 Å². The van der Waals surface area contributed by atoms with Crippen LogP contribution in [0.3, 0.4) is 0 Å². The molecule has 2 N–H and O–H groups in total. The summed E-state index contributed by atoms with van der Waals surface area (Å²) in [6, 6.07) is 2.85. The Morgan fingerprint density at radius 2 is 1.96 bits per heavy atom. The van der Waals surface area contributed by atoms with Crippen molar-refractivity contribution in [1.29, 1.82) is 0 Å². The van der Waals surface area contributed by atoms with Gasteiger partial charge in [-0.25, -0.2) is 0 Å². The van der Waals surface area contributed by atoms with Crippen LogP contribution in [0.25, 0.3) is 10.2 Å². The van der Waals surface area contributed by atoms with E-state index in [1.54, 1.807) is 10.6 Å². The number of hydrogen-bond donors (Lipinski definition) is 2. The van der Waals surface area contributed by atoms with Gasteiger partial charge in [0.25, 0.3) is 11.5 Å². The van der Waals surface area contributed by atoms with E-state index in [0.717, 1.165) is 26.1 Å². The number of piperidine rings is 1. The van der Waals surface area contributed by atoms with Crippen LogP contribution >= 0.6 is 11.3 Å². The van der Waals surface area contributed by atoms with Crippen LogP contribution in [0.2, 0.25) is 0 Å². The summed E-state index contributed by atoms with van der Waals surface area (Å²) in [5.41, 5.74) is -0.250. The first-order valence-electron chi connectivity index (χ1n) is 9.36. The number of carbonyl (C=O) groups excluding carboxylic acids is 1. The molecule has 1 fully saturated rings. The monoisotopic (exact) mass is 416 g/mol. The molecule has 0 unspecified atom stereocenters. The summed E-state index contributed by atoms with van der Waals surface area (Å²) in [6.45, 7) is 7.80. The van der Waals surface area contributed by atoms with E-state index in [0.29, 0.717) is 21.6 Å². The van der Waals surface area contributed by atoms with E-state index in [2.05, 4.69) is 10.2 Å². The Morgan fingerprint density at radius 1 is 1.26 bits per heavy atom. The fourth-order valence-electron chi connectivity index (χ4n) is 3.48. The first kappa shape index (κ1) is 23.1. The molecule has 1 radical (unpaired) electrons. The van der Waals surface area contributed by atoms with E-state index >= 15 is 0 Å². The van der Waals surface area contributed by atoms with E-state index in [4.69, 9.17) is 0 Å². The molecule has 0 aromatic carbocycles. The summed E-state index contributed by atoms with van der Waals surface area (Å²) in [7, 11) is 0. The maximum Gasteiger partial charge on any atom is 0.261 e. The Labute approximate surface area is 206 Å². The molecule has 0 aliphatic carbocycles. The molecule has 0 spiro atoms. The smallest absolute Gasteiger partial charge is 0.261 e. The standard InChI is InChI=1S/C19H27N3O3S.K/c1-13(2)22-17(24)12-15(23)14-11-16(26-19(14)22)18(25)20-7-6-10-21-8-4-3-5-9-21;/h11-13,23H,3-10H2,1-2H3,(H,20,25);. The molecule has 1 aliphatic heterocycles. The minimum atomic E-state index is -0.250. The van der Waals surface area contributed by atoms with Crippen molar-refractivity contribution in [3.63, 3.8) is 0 Å². The number of pyridine rings is 1.